The molecule has 1 N–H and O–H groups in total. The van der Waals surface area contributed by atoms with Crippen LogP contribution in [-0.2, 0) is 16.0 Å². The summed E-state index contributed by atoms with van der Waals surface area (Å²) in [5.74, 6) is -0.708. The van der Waals surface area contributed by atoms with Crippen LogP contribution in [0.3, 0.4) is 0 Å². The highest BCUT2D eigenvalue weighted by Crippen LogP contribution is 2.29. The van der Waals surface area contributed by atoms with Crippen molar-refractivity contribution in [2.24, 2.45) is 0 Å². The molecule has 1 atom stereocenters. The van der Waals surface area contributed by atoms with Gasteiger partial charge >= 0.3 is 0 Å². The first kappa shape index (κ1) is 13.9. The lowest BCUT2D eigenvalue weighted by molar-refractivity contribution is -0.125. The van der Waals surface area contributed by atoms with Crippen LogP contribution >= 0.6 is 12.6 Å². The molecule has 1 aromatic carbocycles. The van der Waals surface area contributed by atoms with E-state index < -0.39 is 6.04 Å². The number of carbonyl (C=O) groups is 2. The predicted molar refractivity (Wildman–Crippen MR) is 73.9 cm³/mol. The molecule has 0 bridgehead atoms. The average molecular weight is 282 g/mol. The van der Waals surface area contributed by atoms with Gasteiger partial charge in [-0.3, -0.25) is 9.59 Å². The van der Waals surface area contributed by atoms with Crippen molar-refractivity contribution in [1.29, 1.82) is 0 Å². The zero-order valence-electron chi connectivity index (χ0n) is 10.5. The highest BCUT2D eigenvalue weighted by atomic mass is 32.1. The maximum absolute atomic E-state index is 13.3. The minimum atomic E-state index is -0.685. The molecule has 4 nitrogen and oxygen atoms in total. The Morgan fingerprint density at radius 2 is 2.26 bits per heavy atom. The van der Waals surface area contributed by atoms with Gasteiger partial charge in [0, 0.05) is 24.9 Å². The van der Waals surface area contributed by atoms with Gasteiger partial charge in [0.15, 0.2) is 0 Å². The smallest absolute Gasteiger partial charge is 0.250 e. The van der Waals surface area contributed by atoms with E-state index in [1.54, 1.807) is 6.07 Å². The molecule has 0 aliphatic carbocycles. The first-order valence-electron chi connectivity index (χ1n) is 6.00. The summed E-state index contributed by atoms with van der Waals surface area (Å²) in [4.78, 5) is 24.9. The first-order chi connectivity index (χ1) is 9.02. The standard InChI is InChI=1S/C13H15FN2O2S/c1-8(17)15-11(7-19)13(18)16-5-4-9-2-3-10(14)6-12(9)16/h2-3,6,11,19H,4-5,7H2,1H3,(H,15,17). The van der Waals surface area contributed by atoms with Gasteiger partial charge in [-0.25, -0.2) is 4.39 Å². The van der Waals surface area contributed by atoms with Crippen molar-refractivity contribution in [3.63, 3.8) is 0 Å². The van der Waals surface area contributed by atoms with Gasteiger partial charge in [0.25, 0.3) is 0 Å². The molecule has 0 fully saturated rings. The minimum absolute atomic E-state index is 0.208. The summed E-state index contributed by atoms with van der Waals surface area (Å²) in [6.45, 7) is 1.85. The molecule has 1 unspecified atom stereocenters. The van der Waals surface area contributed by atoms with E-state index >= 15 is 0 Å². The Hall–Kier alpha value is -1.56. The van der Waals surface area contributed by atoms with Crippen LogP contribution in [0.4, 0.5) is 10.1 Å². The van der Waals surface area contributed by atoms with E-state index in [9.17, 15) is 14.0 Å². The van der Waals surface area contributed by atoms with Crippen LogP contribution in [-0.4, -0.2) is 30.2 Å². The Morgan fingerprint density at radius 1 is 1.53 bits per heavy atom. The lowest BCUT2D eigenvalue weighted by Gasteiger charge is -2.23. The highest BCUT2D eigenvalue weighted by molar-refractivity contribution is 7.80. The number of hydrogen-bond acceptors (Lipinski definition) is 3. The Labute approximate surface area is 116 Å². The Balaban J connectivity index is 2.22. The number of amides is 2. The monoisotopic (exact) mass is 282 g/mol. The number of carbonyl (C=O) groups excluding carboxylic acids is 2. The molecule has 0 radical (unpaired) electrons. The summed E-state index contributed by atoms with van der Waals surface area (Å²) in [5, 5.41) is 2.55. The molecule has 0 spiro atoms. The van der Waals surface area contributed by atoms with Crippen LogP contribution in [0.5, 0.6) is 0 Å². The zero-order chi connectivity index (χ0) is 14.0. The third kappa shape index (κ3) is 2.89. The maximum atomic E-state index is 13.3. The van der Waals surface area contributed by atoms with E-state index in [-0.39, 0.29) is 23.4 Å². The summed E-state index contributed by atoms with van der Waals surface area (Å²) >= 11 is 4.08. The molecule has 1 aromatic rings. The summed E-state index contributed by atoms with van der Waals surface area (Å²) in [6.07, 6.45) is 0.695. The molecule has 0 saturated heterocycles. The number of fused-ring (bicyclic) bond motifs is 1. The van der Waals surface area contributed by atoms with Crippen LogP contribution < -0.4 is 10.2 Å². The normalized spacial score (nSPS) is 15.0. The van der Waals surface area contributed by atoms with Crippen molar-refractivity contribution in [1.82, 2.24) is 5.32 Å². The molecule has 1 aliphatic heterocycles. The number of anilines is 1. The number of thiol groups is 1. The average Bonchev–Trinajstić information content (AvgIpc) is 2.77. The summed E-state index contributed by atoms with van der Waals surface area (Å²) < 4.78 is 13.3. The minimum Gasteiger partial charge on any atom is -0.344 e. The quantitative estimate of drug-likeness (QED) is 0.817. The molecule has 2 amide bonds. The molecule has 0 aromatic heterocycles. The third-order valence-corrected chi connectivity index (χ3v) is 3.43. The molecular weight excluding hydrogens is 267 g/mol. The number of nitrogens with zero attached hydrogens (tertiary/aromatic N) is 1. The van der Waals surface area contributed by atoms with Crippen molar-refractivity contribution >= 4 is 30.1 Å². The van der Waals surface area contributed by atoms with E-state index in [0.29, 0.717) is 18.7 Å². The van der Waals surface area contributed by atoms with Crippen molar-refractivity contribution in [3.05, 3.63) is 29.6 Å². The van der Waals surface area contributed by atoms with E-state index in [4.69, 9.17) is 0 Å². The topological polar surface area (TPSA) is 49.4 Å². The van der Waals surface area contributed by atoms with Crippen molar-refractivity contribution in [2.75, 3.05) is 17.2 Å². The number of nitrogens with one attached hydrogen (secondary N) is 1. The Bertz CT molecular complexity index is 521. The molecule has 102 valence electrons. The van der Waals surface area contributed by atoms with Gasteiger partial charge in [-0.15, -0.1) is 0 Å². The molecule has 0 saturated carbocycles. The zero-order valence-corrected chi connectivity index (χ0v) is 11.4. The number of hydrogen-bond donors (Lipinski definition) is 2. The summed E-state index contributed by atoms with van der Waals surface area (Å²) in [7, 11) is 0. The molecule has 6 heteroatoms. The van der Waals surface area contributed by atoms with Gasteiger partial charge in [-0.1, -0.05) is 6.07 Å². The predicted octanol–water partition coefficient (Wildman–Crippen LogP) is 1.15. The molecule has 1 aliphatic rings. The second-order valence-corrected chi connectivity index (χ2v) is 4.81. The first-order valence-corrected chi connectivity index (χ1v) is 6.64. The Morgan fingerprint density at radius 3 is 2.89 bits per heavy atom. The van der Waals surface area contributed by atoms with Gasteiger partial charge < -0.3 is 10.2 Å². The summed E-state index contributed by atoms with van der Waals surface area (Å²) in [6, 6.07) is 3.74. The van der Waals surface area contributed by atoms with E-state index in [1.165, 1.54) is 24.0 Å². The lowest BCUT2D eigenvalue weighted by Crippen LogP contribution is -2.48. The van der Waals surface area contributed by atoms with E-state index in [2.05, 4.69) is 17.9 Å². The SMILES string of the molecule is CC(=O)NC(CS)C(=O)N1CCc2ccc(F)cc21. The van der Waals surface area contributed by atoms with Gasteiger partial charge in [-0.2, -0.15) is 12.6 Å². The van der Waals surface area contributed by atoms with Gasteiger partial charge in [0.2, 0.25) is 11.8 Å². The Kier molecular flexibility index (Phi) is 4.09. The second kappa shape index (κ2) is 5.61. The molecule has 2 rings (SSSR count). The summed E-state index contributed by atoms with van der Waals surface area (Å²) in [5.41, 5.74) is 1.53. The van der Waals surface area contributed by atoms with Crippen LogP contribution in [0.1, 0.15) is 12.5 Å². The lowest BCUT2D eigenvalue weighted by atomic mass is 10.1. The highest BCUT2D eigenvalue weighted by Gasteiger charge is 2.30. The molecule has 1 heterocycles. The fraction of sp³-hybridized carbons (Fsp3) is 0.385. The fourth-order valence-corrected chi connectivity index (χ4v) is 2.45. The van der Waals surface area contributed by atoms with Crippen molar-refractivity contribution in [2.45, 2.75) is 19.4 Å². The second-order valence-electron chi connectivity index (χ2n) is 4.45. The van der Waals surface area contributed by atoms with Crippen LogP contribution in [0.15, 0.2) is 18.2 Å². The van der Waals surface area contributed by atoms with Crippen molar-refractivity contribution < 1.29 is 14.0 Å². The number of rotatable bonds is 3. The largest absolute Gasteiger partial charge is 0.344 e. The van der Waals surface area contributed by atoms with E-state index in [0.717, 1.165) is 5.56 Å². The number of benzene rings is 1. The van der Waals surface area contributed by atoms with Crippen LogP contribution in [0.25, 0.3) is 0 Å². The van der Waals surface area contributed by atoms with Crippen LogP contribution in [0.2, 0.25) is 0 Å². The van der Waals surface area contributed by atoms with Gasteiger partial charge in [-0.05, 0) is 24.1 Å². The fourth-order valence-electron chi connectivity index (χ4n) is 2.20. The van der Waals surface area contributed by atoms with Crippen molar-refractivity contribution in [3.8, 4) is 0 Å². The van der Waals surface area contributed by atoms with Gasteiger partial charge in [0.1, 0.15) is 11.9 Å². The number of halogens is 1. The molecular formula is C13H15FN2O2S. The third-order valence-electron chi connectivity index (χ3n) is 3.07. The molecule has 19 heavy (non-hydrogen) atoms. The maximum Gasteiger partial charge on any atom is 0.250 e. The van der Waals surface area contributed by atoms with E-state index in [1.807, 2.05) is 0 Å². The van der Waals surface area contributed by atoms with Gasteiger partial charge in [0.05, 0.1) is 0 Å². The van der Waals surface area contributed by atoms with Crippen LogP contribution in [0, 0.1) is 5.82 Å².